The van der Waals surface area contributed by atoms with Crippen LogP contribution in [-0.2, 0) is 5.41 Å². The van der Waals surface area contributed by atoms with Crippen molar-refractivity contribution >= 4 is 59.3 Å². The van der Waals surface area contributed by atoms with Crippen LogP contribution in [0.2, 0.25) is 0 Å². The molecule has 0 saturated heterocycles. The molecule has 0 bridgehead atoms. The summed E-state index contributed by atoms with van der Waals surface area (Å²) in [7, 11) is 0. The minimum atomic E-state index is -0.123. The minimum absolute atomic E-state index is 0.123. The zero-order chi connectivity index (χ0) is 34.1. The maximum Gasteiger partial charge on any atom is 0.0555 e. The predicted molar refractivity (Wildman–Crippen MR) is 220 cm³/mol. The van der Waals surface area contributed by atoms with Gasteiger partial charge >= 0.3 is 0 Å². The van der Waals surface area contributed by atoms with Crippen LogP contribution in [0.15, 0.2) is 176 Å². The third-order valence-corrected chi connectivity index (χ3v) is 12.0. The molecule has 2 heteroatoms. The quantitative estimate of drug-likeness (QED) is 0.176. The first-order valence-corrected chi connectivity index (χ1v) is 18.5. The molecule has 1 nitrogen and oxygen atoms in total. The minimum Gasteiger partial charge on any atom is -0.309 e. The van der Waals surface area contributed by atoms with Crippen molar-refractivity contribution in [2.45, 2.75) is 19.3 Å². The highest BCUT2D eigenvalue weighted by Crippen LogP contribution is 2.53. The second-order valence-electron chi connectivity index (χ2n) is 14.1. The van der Waals surface area contributed by atoms with E-state index in [1.807, 2.05) is 11.3 Å². The smallest absolute Gasteiger partial charge is 0.0555 e. The van der Waals surface area contributed by atoms with Crippen molar-refractivity contribution in [2.24, 2.45) is 0 Å². The molecular weight excluding hydrogens is 635 g/mol. The topological polar surface area (TPSA) is 3.24 Å². The van der Waals surface area contributed by atoms with E-state index >= 15 is 0 Å². The summed E-state index contributed by atoms with van der Waals surface area (Å²) in [5, 5.41) is 5.08. The first-order valence-electron chi connectivity index (χ1n) is 17.7. The van der Waals surface area contributed by atoms with Crippen molar-refractivity contribution in [3.63, 3.8) is 0 Å². The molecule has 8 aromatic carbocycles. The fourth-order valence-corrected chi connectivity index (χ4v) is 9.53. The van der Waals surface area contributed by atoms with Gasteiger partial charge in [0.2, 0.25) is 0 Å². The first kappa shape index (κ1) is 29.9. The zero-order valence-corrected chi connectivity index (χ0v) is 29.4. The van der Waals surface area contributed by atoms with Crippen LogP contribution in [-0.4, -0.2) is 0 Å². The van der Waals surface area contributed by atoms with Gasteiger partial charge in [0.05, 0.1) is 11.4 Å². The summed E-state index contributed by atoms with van der Waals surface area (Å²) >= 11 is 1.87. The molecule has 0 fully saturated rings. The summed E-state index contributed by atoms with van der Waals surface area (Å²) in [6.45, 7) is 4.74. The van der Waals surface area contributed by atoms with Crippen LogP contribution in [0.1, 0.15) is 25.0 Å². The fourth-order valence-electron chi connectivity index (χ4n) is 8.40. The van der Waals surface area contributed by atoms with Crippen LogP contribution in [0, 0.1) is 0 Å². The van der Waals surface area contributed by atoms with Gasteiger partial charge in [0.25, 0.3) is 0 Å². The normalized spacial score (nSPS) is 13.1. The van der Waals surface area contributed by atoms with E-state index in [4.69, 9.17) is 0 Å². The Morgan fingerprint density at radius 3 is 2.00 bits per heavy atom. The van der Waals surface area contributed by atoms with E-state index in [1.54, 1.807) is 0 Å². The summed E-state index contributed by atoms with van der Waals surface area (Å²) < 4.78 is 2.59. The van der Waals surface area contributed by atoms with Crippen molar-refractivity contribution in [2.75, 3.05) is 4.90 Å². The Morgan fingerprint density at radius 1 is 0.431 bits per heavy atom. The van der Waals surface area contributed by atoms with Crippen LogP contribution >= 0.6 is 11.3 Å². The fraction of sp³-hybridized carbons (Fsp3) is 0.0612. The molecule has 1 aliphatic rings. The monoisotopic (exact) mass is 669 g/mol. The van der Waals surface area contributed by atoms with Gasteiger partial charge in [0.1, 0.15) is 0 Å². The van der Waals surface area contributed by atoms with E-state index < -0.39 is 0 Å². The molecule has 0 unspecified atom stereocenters. The number of hydrogen-bond donors (Lipinski definition) is 0. The summed E-state index contributed by atoms with van der Waals surface area (Å²) in [6, 6.07) is 65.0. The second kappa shape index (κ2) is 11.6. The maximum absolute atomic E-state index is 2.54. The Hall–Kier alpha value is -5.96. The van der Waals surface area contributed by atoms with Crippen LogP contribution < -0.4 is 4.90 Å². The van der Waals surface area contributed by atoms with Gasteiger partial charge in [-0.2, -0.15) is 0 Å². The first-order chi connectivity index (χ1) is 25.1. The lowest BCUT2D eigenvalue weighted by Crippen LogP contribution is -2.17. The van der Waals surface area contributed by atoms with Crippen LogP contribution in [0.25, 0.3) is 64.3 Å². The molecule has 10 rings (SSSR count). The summed E-state index contributed by atoms with van der Waals surface area (Å²) in [4.78, 5) is 2.54. The van der Waals surface area contributed by atoms with Gasteiger partial charge in [0.15, 0.2) is 0 Å². The Bertz CT molecular complexity index is 2780. The largest absolute Gasteiger partial charge is 0.309 e. The number of anilines is 3. The van der Waals surface area contributed by atoms with Crippen LogP contribution in [0.5, 0.6) is 0 Å². The molecule has 0 atom stereocenters. The Labute approximate surface area is 302 Å². The summed E-state index contributed by atoms with van der Waals surface area (Å²) in [6.07, 6.45) is 0. The number of hydrogen-bond acceptors (Lipinski definition) is 2. The second-order valence-corrected chi connectivity index (χ2v) is 15.2. The van der Waals surface area contributed by atoms with Crippen LogP contribution in [0.3, 0.4) is 0 Å². The Kier molecular flexibility index (Phi) is 6.78. The molecule has 0 N–H and O–H groups in total. The van der Waals surface area contributed by atoms with Crippen LogP contribution in [0.4, 0.5) is 17.1 Å². The van der Waals surface area contributed by atoms with E-state index in [0.717, 1.165) is 11.4 Å². The molecule has 0 aliphatic heterocycles. The van der Waals surface area contributed by atoms with E-state index in [2.05, 4.69) is 195 Å². The summed E-state index contributed by atoms with van der Waals surface area (Å²) in [5.74, 6) is 0. The predicted octanol–water partition coefficient (Wildman–Crippen LogP) is 14.3. The van der Waals surface area contributed by atoms with Gasteiger partial charge in [-0.25, -0.2) is 0 Å². The Morgan fingerprint density at radius 2 is 1.10 bits per heavy atom. The molecule has 1 heterocycles. The number of benzene rings is 8. The average molecular weight is 670 g/mol. The lowest BCUT2D eigenvalue weighted by Gasteiger charge is -2.31. The standard InChI is InChI=1S/C49H35NS/c1-49(2)42-22-10-8-19-39(42)40-29-27-35(31-43(40)49)50(44-23-13-25-47-48(44)41-20-9-11-24-46(41)51-47)45-30-34(26-28-38(45)33-14-4-3-5-15-33)37-21-12-17-32-16-6-7-18-36(32)37/h3-31H,1-2H3. The van der Waals surface area contributed by atoms with Gasteiger partial charge in [-0.15, -0.1) is 11.3 Å². The van der Waals surface area contributed by atoms with E-state index in [9.17, 15) is 0 Å². The van der Waals surface area contributed by atoms with Crippen molar-refractivity contribution in [3.8, 4) is 33.4 Å². The number of nitrogens with zero attached hydrogens (tertiary/aromatic N) is 1. The molecule has 1 aromatic heterocycles. The van der Waals surface area contributed by atoms with Gasteiger partial charge in [-0.1, -0.05) is 153 Å². The highest BCUT2D eigenvalue weighted by Gasteiger charge is 2.36. The summed E-state index contributed by atoms with van der Waals surface area (Å²) in [5.41, 5.74) is 13.6. The van der Waals surface area contributed by atoms with Gasteiger partial charge in [-0.05, 0) is 86.1 Å². The lowest BCUT2D eigenvalue weighted by atomic mass is 9.82. The number of fused-ring (bicyclic) bond motifs is 7. The molecule has 0 radical (unpaired) electrons. The molecular formula is C49H35NS. The van der Waals surface area contributed by atoms with Gasteiger partial charge in [-0.3, -0.25) is 0 Å². The van der Waals surface area contributed by atoms with Gasteiger partial charge < -0.3 is 4.90 Å². The molecule has 242 valence electrons. The molecule has 0 spiro atoms. The molecule has 0 amide bonds. The molecule has 0 saturated carbocycles. The van der Waals surface area contributed by atoms with E-state index in [1.165, 1.54) is 81.1 Å². The molecule has 9 aromatic rings. The highest BCUT2D eigenvalue weighted by molar-refractivity contribution is 7.26. The van der Waals surface area contributed by atoms with Crippen molar-refractivity contribution in [1.82, 2.24) is 0 Å². The van der Waals surface area contributed by atoms with Crippen molar-refractivity contribution in [1.29, 1.82) is 0 Å². The third kappa shape index (κ3) is 4.67. The van der Waals surface area contributed by atoms with Crippen molar-refractivity contribution in [3.05, 3.63) is 187 Å². The third-order valence-electron chi connectivity index (χ3n) is 10.9. The van der Waals surface area contributed by atoms with Gasteiger partial charge in [0, 0.05) is 36.8 Å². The maximum atomic E-state index is 2.54. The Balaban J connectivity index is 1.30. The molecule has 51 heavy (non-hydrogen) atoms. The highest BCUT2D eigenvalue weighted by atomic mass is 32.1. The zero-order valence-electron chi connectivity index (χ0n) is 28.6. The SMILES string of the molecule is CC1(C)c2ccccc2-c2ccc(N(c3cc(-c4cccc5ccccc45)ccc3-c3ccccc3)c3cccc4sc5ccccc5c34)cc21. The average Bonchev–Trinajstić information content (AvgIpc) is 3.67. The molecule has 1 aliphatic carbocycles. The van der Waals surface area contributed by atoms with E-state index in [-0.39, 0.29) is 5.41 Å². The number of rotatable bonds is 5. The van der Waals surface area contributed by atoms with E-state index in [0.29, 0.717) is 0 Å². The number of thiophene rings is 1. The lowest BCUT2D eigenvalue weighted by molar-refractivity contribution is 0.660. The van der Waals surface area contributed by atoms with Crippen molar-refractivity contribution < 1.29 is 0 Å².